The largest absolute Gasteiger partial charge is 0.221 e. The number of fused-ring (bicyclic) bond motifs is 1. The highest BCUT2D eigenvalue weighted by molar-refractivity contribution is 7.98. The van der Waals surface area contributed by atoms with Gasteiger partial charge in [0.2, 0.25) is 0 Å². The van der Waals surface area contributed by atoms with E-state index < -0.39 is 0 Å². The van der Waals surface area contributed by atoms with Gasteiger partial charge in [0, 0.05) is 15.8 Å². The van der Waals surface area contributed by atoms with E-state index in [0.29, 0.717) is 5.15 Å². The van der Waals surface area contributed by atoms with Crippen molar-refractivity contribution in [2.45, 2.75) is 25.5 Å². The monoisotopic (exact) mass is 354 g/mol. The molecule has 0 fully saturated rings. The summed E-state index contributed by atoms with van der Waals surface area (Å²) in [6.45, 7) is 2.21. The first-order valence-corrected chi connectivity index (χ1v) is 10.1. The molecule has 0 amide bonds. The minimum absolute atomic E-state index is 0.579. The standard InChI is InChI=1S/C15H15ClN2S3/c1-2-3-6-19-9-12-17-14(16)13-10(8-21-15(13)18-12)11-5-4-7-20-11/h4-5,7-8H,2-3,6,9H2,1H3. The van der Waals surface area contributed by atoms with Crippen LogP contribution in [0.5, 0.6) is 0 Å². The lowest BCUT2D eigenvalue weighted by atomic mass is 10.2. The fourth-order valence-electron chi connectivity index (χ4n) is 2.03. The van der Waals surface area contributed by atoms with Crippen molar-refractivity contribution in [2.75, 3.05) is 5.75 Å². The molecule has 0 aromatic carbocycles. The molecule has 0 aliphatic rings. The molecule has 0 saturated heterocycles. The van der Waals surface area contributed by atoms with Crippen LogP contribution in [0.25, 0.3) is 20.7 Å². The van der Waals surface area contributed by atoms with Gasteiger partial charge in [0.05, 0.1) is 11.1 Å². The molecule has 0 spiro atoms. The van der Waals surface area contributed by atoms with E-state index in [4.69, 9.17) is 11.6 Å². The Labute approximate surface area is 141 Å². The lowest BCUT2D eigenvalue weighted by molar-refractivity contribution is 0.895. The third-order valence-corrected chi connectivity index (χ3v) is 6.18. The number of aromatic nitrogens is 2. The third-order valence-electron chi connectivity index (χ3n) is 3.10. The van der Waals surface area contributed by atoms with Crippen LogP contribution in [0.4, 0.5) is 0 Å². The summed E-state index contributed by atoms with van der Waals surface area (Å²) in [6.07, 6.45) is 2.46. The van der Waals surface area contributed by atoms with Gasteiger partial charge in [-0.25, -0.2) is 9.97 Å². The van der Waals surface area contributed by atoms with E-state index in [2.05, 4.69) is 39.8 Å². The van der Waals surface area contributed by atoms with Gasteiger partial charge in [-0.2, -0.15) is 11.8 Å². The van der Waals surface area contributed by atoms with Crippen molar-refractivity contribution >= 4 is 56.3 Å². The highest BCUT2D eigenvalue weighted by atomic mass is 35.5. The van der Waals surface area contributed by atoms with Crippen molar-refractivity contribution in [1.82, 2.24) is 9.97 Å². The van der Waals surface area contributed by atoms with Crippen LogP contribution in [0.1, 0.15) is 25.6 Å². The number of thiophene rings is 2. The molecule has 0 aliphatic carbocycles. The van der Waals surface area contributed by atoms with Crippen LogP contribution in [-0.2, 0) is 5.75 Å². The van der Waals surface area contributed by atoms with Gasteiger partial charge in [-0.1, -0.05) is 31.0 Å². The van der Waals surface area contributed by atoms with Gasteiger partial charge in [-0.15, -0.1) is 22.7 Å². The van der Waals surface area contributed by atoms with E-state index in [1.165, 1.54) is 17.7 Å². The molecule has 21 heavy (non-hydrogen) atoms. The summed E-state index contributed by atoms with van der Waals surface area (Å²) in [7, 11) is 0. The Hall–Kier alpha value is -0.620. The second kappa shape index (κ2) is 7.09. The summed E-state index contributed by atoms with van der Waals surface area (Å²) < 4.78 is 0. The molecule has 110 valence electrons. The average Bonchev–Trinajstić information content (AvgIpc) is 3.12. The van der Waals surface area contributed by atoms with Gasteiger partial charge >= 0.3 is 0 Å². The van der Waals surface area contributed by atoms with Crippen molar-refractivity contribution < 1.29 is 0 Å². The van der Waals surface area contributed by atoms with E-state index in [-0.39, 0.29) is 0 Å². The quantitative estimate of drug-likeness (QED) is 0.394. The summed E-state index contributed by atoms with van der Waals surface area (Å²) in [6, 6.07) is 4.16. The molecule has 3 rings (SSSR count). The van der Waals surface area contributed by atoms with E-state index in [9.17, 15) is 0 Å². The molecule has 3 heterocycles. The maximum Gasteiger partial charge on any atom is 0.142 e. The first-order valence-electron chi connectivity index (χ1n) is 6.85. The van der Waals surface area contributed by atoms with Gasteiger partial charge in [0.15, 0.2) is 0 Å². The summed E-state index contributed by atoms with van der Waals surface area (Å²) in [5, 5.41) is 5.78. The molecule has 3 aromatic heterocycles. The summed E-state index contributed by atoms with van der Waals surface area (Å²) >= 11 is 11.7. The van der Waals surface area contributed by atoms with E-state index in [1.54, 1.807) is 22.7 Å². The number of unbranched alkanes of at least 4 members (excludes halogenated alkanes) is 1. The van der Waals surface area contributed by atoms with Crippen LogP contribution >= 0.6 is 46.0 Å². The SMILES string of the molecule is CCCCSCc1nc(Cl)c2c(-c3cccs3)csc2n1. The summed E-state index contributed by atoms with van der Waals surface area (Å²) in [5.74, 6) is 2.83. The van der Waals surface area contributed by atoms with Crippen molar-refractivity contribution in [2.24, 2.45) is 0 Å². The van der Waals surface area contributed by atoms with Gasteiger partial charge in [0.1, 0.15) is 15.8 Å². The predicted octanol–water partition coefficient (Wildman–Crippen LogP) is 6.11. The van der Waals surface area contributed by atoms with Crippen molar-refractivity contribution in [1.29, 1.82) is 0 Å². The van der Waals surface area contributed by atoms with Gasteiger partial charge in [-0.05, 0) is 23.6 Å². The molecule has 2 nitrogen and oxygen atoms in total. The predicted molar refractivity (Wildman–Crippen MR) is 96.8 cm³/mol. The lowest BCUT2D eigenvalue weighted by Crippen LogP contribution is -1.94. The third kappa shape index (κ3) is 3.42. The smallest absolute Gasteiger partial charge is 0.142 e. The first-order chi connectivity index (χ1) is 10.3. The number of rotatable bonds is 6. The minimum atomic E-state index is 0.579. The second-order valence-electron chi connectivity index (χ2n) is 4.64. The molecule has 3 aromatic rings. The fraction of sp³-hybridized carbons (Fsp3) is 0.333. The normalized spacial score (nSPS) is 11.3. The Balaban J connectivity index is 1.88. The molecule has 6 heteroatoms. The highest BCUT2D eigenvalue weighted by Gasteiger charge is 2.14. The number of hydrogen-bond acceptors (Lipinski definition) is 5. The second-order valence-corrected chi connectivity index (χ2v) is 7.91. The maximum atomic E-state index is 6.42. The average molecular weight is 355 g/mol. The molecule has 0 radical (unpaired) electrons. The number of nitrogens with zero attached hydrogens (tertiary/aromatic N) is 2. The molecule has 0 atom stereocenters. The molecule has 0 N–H and O–H groups in total. The van der Waals surface area contributed by atoms with Crippen LogP contribution in [0.2, 0.25) is 5.15 Å². The zero-order valence-corrected chi connectivity index (χ0v) is 14.8. The molecule has 0 aliphatic heterocycles. The molecule has 0 bridgehead atoms. The number of halogens is 1. The Kier molecular flexibility index (Phi) is 5.16. The topological polar surface area (TPSA) is 25.8 Å². The Morgan fingerprint density at radius 3 is 2.95 bits per heavy atom. The molecule has 0 unspecified atom stereocenters. The van der Waals surface area contributed by atoms with Crippen molar-refractivity contribution in [3.05, 3.63) is 33.9 Å². The zero-order valence-electron chi connectivity index (χ0n) is 11.6. The van der Waals surface area contributed by atoms with Crippen molar-refractivity contribution in [3.8, 4) is 10.4 Å². The van der Waals surface area contributed by atoms with E-state index in [1.807, 2.05) is 11.8 Å². The van der Waals surface area contributed by atoms with Gasteiger partial charge < -0.3 is 0 Å². The molecular formula is C15H15ClN2S3. The van der Waals surface area contributed by atoms with Crippen molar-refractivity contribution in [3.63, 3.8) is 0 Å². The van der Waals surface area contributed by atoms with Crippen LogP contribution < -0.4 is 0 Å². The van der Waals surface area contributed by atoms with Crippen LogP contribution in [0.3, 0.4) is 0 Å². The first kappa shape index (κ1) is 15.3. The fourth-order valence-corrected chi connectivity index (χ4v) is 5.10. The van der Waals surface area contributed by atoms with Gasteiger partial charge in [0.25, 0.3) is 0 Å². The summed E-state index contributed by atoms with van der Waals surface area (Å²) in [5.41, 5.74) is 1.15. The molecular weight excluding hydrogens is 340 g/mol. The lowest BCUT2D eigenvalue weighted by Gasteiger charge is -2.03. The minimum Gasteiger partial charge on any atom is -0.221 e. The maximum absolute atomic E-state index is 6.42. The number of thioether (sulfide) groups is 1. The van der Waals surface area contributed by atoms with Crippen LogP contribution in [0, 0.1) is 0 Å². The summed E-state index contributed by atoms with van der Waals surface area (Å²) in [4.78, 5) is 11.4. The Bertz CT molecular complexity index is 722. The van der Waals surface area contributed by atoms with Crippen LogP contribution in [0.15, 0.2) is 22.9 Å². The highest BCUT2D eigenvalue weighted by Crippen LogP contribution is 2.38. The Morgan fingerprint density at radius 2 is 2.19 bits per heavy atom. The Morgan fingerprint density at radius 1 is 1.29 bits per heavy atom. The number of hydrogen-bond donors (Lipinski definition) is 0. The van der Waals surface area contributed by atoms with Gasteiger partial charge in [-0.3, -0.25) is 0 Å². The zero-order chi connectivity index (χ0) is 14.7. The van der Waals surface area contributed by atoms with Crippen LogP contribution in [-0.4, -0.2) is 15.7 Å². The van der Waals surface area contributed by atoms with E-state index in [0.717, 1.165) is 33.1 Å². The molecule has 0 saturated carbocycles. The van der Waals surface area contributed by atoms with E-state index >= 15 is 0 Å².